The van der Waals surface area contributed by atoms with E-state index in [0.717, 1.165) is 37.4 Å². The van der Waals surface area contributed by atoms with Crippen LogP contribution in [0.1, 0.15) is 17.5 Å². The van der Waals surface area contributed by atoms with E-state index in [-0.39, 0.29) is 6.10 Å². The van der Waals surface area contributed by atoms with Crippen LogP contribution in [-0.4, -0.2) is 31.7 Å². The number of aryl methyl sites for hydroxylation is 1. The molecule has 116 valence electrons. The average Bonchev–Trinajstić information content (AvgIpc) is 2.55. The maximum Gasteiger partial charge on any atom is 0.126 e. The minimum Gasteiger partial charge on any atom is -0.497 e. The normalized spacial score (nSPS) is 17.0. The zero-order chi connectivity index (χ0) is 15.4. The molecule has 1 aliphatic heterocycles. The number of likely N-dealkylation sites (N-methyl/N-ethyl adjacent to an activating group) is 1. The smallest absolute Gasteiger partial charge is 0.126 e. The summed E-state index contributed by atoms with van der Waals surface area (Å²) >= 11 is 0. The molecule has 0 aromatic heterocycles. The van der Waals surface area contributed by atoms with Crippen molar-refractivity contribution in [1.29, 1.82) is 0 Å². The highest BCUT2D eigenvalue weighted by molar-refractivity contribution is 5.42. The molecule has 0 radical (unpaired) electrons. The second-order valence-corrected chi connectivity index (χ2v) is 5.93. The van der Waals surface area contributed by atoms with E-state index in [9.17, 15) is 0 Å². The van der Waals surface area contributed by atoms with Crippen molar-refractivity contribution in [3.8, 4) is 11.5 Å². The standard InChI is InChI=1S/C19H23NO2/c1-20(13-15-6-4-3-5-7-15)14-18-11-9-16-8-10-17(21-2)12-19(16)22-18/h3-8,10,12,18H,9,11,13-14H2,1-2H3/t18-/m1/s1. The lowest BCUT2D eigenvalue weighted by Gasteiger charge is -2.29. The quantitative estimate of drug-likeness (QED) is 0.843. The average molecular weight is 297 g/mol. The van der Waals surface area contributed by atoms with Gasteiger partial charge in [0.1, 0.15) is 17.6 Å². The fourth-order valence-corrected chi connectivity index (χ4v) is 2.97. The van der Waals surface area contributed by atoms with Crippen LogP contribution in [0.25, 0.3) is 0 Å². The number of ether oxygens (including phenoxy) is 2. The maximum atomic E-state index is 6.16. The van der Waals surface area contributed by atoms with Crippen molar-refractivity contribution in [3.63, 3.8) is 0 Å². The van der Waals surface area contributed by atoms with Crippen molar-refractivity contribution >= 4 is 0 Å². The van der Waals surface area contributed by atoms with Gasteiger partial charge in [-0.3, -0.25) is 4.90 Å². The highest BCUT2D eigenvalue weighted by Gasteiger charge is 2.21. The third-order valence-electron chi connectivity index (χ3n) is 4.11. The molecule has 0 spiro atoms. The van der Waals surface area contributed by atoms with Gasteiger partial charge in [-0.25, -0.2) is 0 Å². The highest BCUT2D eigenvalue weighted by Crippen LogP contribution is 2.31. The first-order chi connectivity index (χ1) is 10.7. The molecule has 0 N–H and O–H groups in total. The second-order valence-electron chi connectivity index (χ2n) is 5.93. The molecule has 2 aromatic rings. The molecule has 3 rings (SSSR count). The minimum atomic E-state index is 0.244. The van der Waals surface area contributed by atoms with Gasteiger partial charge < -0.3 is 9.47 Å². The number of benzene rings is 2. The Morgan fingerprint density at radius 1 is 1.18 bits per heavy atom. The maximum absolute atomic E-state index is 6.16. The van der Waals surface area contributed by atoms with E-state index < -0.39 is 0 Å². The SMILES string of the molecule is COc1ccc2c(c1)O[C@@H](CN(C)Cc1ccccc1)CC2. The first-order valence-electron chi connectivity index (χ1n) is 7.80. The first kappa shape index (κ1) is 14.9. The van der Waals surface area contributed by atoms with Crippen LogP contribution < -0.4 is 9.47 Å². The summed E-state index contributed by atoms with van der Waals surface area (Å²) in [5, 5.41) is 0. The number of methoxy groups -OCH3 is 1. The van der Waals surface area contributed by atoms with Gasteiger partial charge in [-0.2, -0.15) is 0 Å². The Labute approximate surface area is 132 Å². The number of fused-ring (bicyclic) bond motifs is 1. The molecule has 22 heavy (non-hydrogen) atoms. The van der Waals surface area contributed by atoms with Crippen molar-refractivity contribution < 1.29 is 9.47 Å². The monoisotopic (exact) mass is 297 g/mol. The van der Waals surface area contributed by atoms with Crippen LogP contribution in [0.2, 0.25) is 0 Å². The van der Waals surface area contributed by atoms with Gasteiger partial charge in [0.2, 0.25) is 0 Å². The summed E-state index contributed by atoms with van der Waals surface area (Å²) in [6.07, 6.45) is 2.38. The van der Waals surface area contributed by atoms with E-state index in [1.165, 1.54) is 11.1 Å². The van der Waals surface area contributed by atoms with Gasteiger partial charge in [-0.15, -0.1) is 0 Å². The lowest BCUT2D eigenvalue weighted by Crippen LogP contribution is -2.35. The van der Waals surface area contributed by atoms with Gasteiger partial charge in [0.05, 0.1) is 7.11 Å². The Hall–Kier alpha value is -2.00. The van der Waals surface area contributed by atoms with Crippen LogP contribution >= 0.6 is 0 Å². The van der Waals surface area contributed by atoms with Crippen LogP contribution in [0.15, 0.2) is 48.5 Å². The molecule has 1 atom stereocenters. The van der Waals surface area contributed by atoms with E-state index >= 15 is 0 Å². The Morgan fingerprint density at radius 2 is 2.00 bits per heavy atom. The predicted octanol–water partition coefficient (Wildman–Crippen LogP) is 3.52. The Kier molecular flexibility index (Phi) is 4.64. The predicted molar refractivity (Wildman–Crippen MR) is 88.5 cm³/mol. The van der Waals surface area contributed by atoms with Crippen molar-refractivity contribution in [1.82, 2.24) is 4.90 Å². The number of hydrogen-bond donors (Lipinski definition) is 0. The molecule has 0 fully saturated rings. The van der Waals surface area contributed by atoms with E-state index in [0.29, 0.717) is 0 Å². The van der Waals surface area contributed by atoms with Crippen LogP contribution in [0.5, 0.6) is 11.5 Å². The van der Waals surface area contributed by atoms with Crippen molar-refractivity contribution in [2.75, 3.05) is 20.7 Å². The second kappa shape index (κ2) is 6.84. The van der Waals surface area contributed by atoms with Gasteiger partial charge >= 0.3 is 0 Å². The van der Waals surface area contributed by atoms with Crippen molar-refractivity contribution in [3.05, 3.63) is 59.7 Å². The molecule has 3 heteroatoms. The summed E-state index contributed by atoms with van der Waals surface area (Å²) in [7, 11) is 3.84. The summed E-state index contributed by atoms with van der Waals surface area (Å²) in [5.74, 6) is 1.83. The van der Waals surface area contributed by atoms with Gasteiger partial charge in [0, 0.05) is 19.2 Å². The van der Waals surface area contributed by atoms with E-state index in [2.05, 4.69) is 48.3 Å². The lowest BCUT2D eigenvalue weighted by atomic mass is 10.0. The Bertz CT molecular complexity index is 612. The largest absolute Gasteiger partial charge is 0.497 e. The highest BCUT2D eigenvalue weighted by atomic mass is 16.5. The number of rotatable bonds is 5. The van der Waals surface area contributed by atoms with Gasteiger partial charge in [-0.1, -0.05) is 36.4 Å². The first-order valence-corrected chi connectivity index (χ1v) is 7.80. The molecule has 1 aliphatic rings. The summed E-state index contributed by atoms with van der Waals surface area (Å²) in [6.45, 7) is 1.89. The lowest BCUT2D eigenvalue weighted by molar-refractivity contribution is 0.124. The van der Waals surface area contributed by atoms with E-state index in [1.807, 2.05) is 12.1 Å². The fourth-order valence-electron chi connectivity index (χ4n) is 2.97. The molecule has 2 aromatic carbocycles. The Morgan fingerprint density at radius 3 is 2.77 bits per heavy atom. The zero-order valence-corrected chi connectivity index (χ0v) is 13.3. The third kappa shape index (κ3) is 3.60. The molecular formula is C19H23NO2. The number of hydrogen-bond acceptors (Lipinski definition) is 3. The van der Waals surface area contributed by atoms with Gasteiger partial charge in [-0.05, 0) is 37.1 Å². The number of nitrogens with zero attached hydrogens (tertiary/aromatic N) is 1. The summed E-state index contributed by atoms with van der Waals surface area (Å²) in [4.78, 5) is 2.32. The topological polar surface area (TPSA) is 21.7 Å². The fraction of sp³-hybridized carbons (Fsp3) is 0.368. The van der Waals surface area contributed by atoms with Crippen LogP contribution in [-0.2, 0) is 13.0 Å². The van der Waals surface area contributed by atoms with Gasteiger partial charge in [0.15, 0.2) is 0 Å². The molecule has 0 unspecified atom stereocenters. The minimum absolute atomic E-state index is 0.244. The molecular weight excluding hydrogens is 274 g/mol. The van der Waals surface area contributed by atoms with E-state index in [4.69, 9.17) is 9.47 Å². The molecule has 0 aliphatic carbocycles. The van der Waals surface area contributed by atoms with Crippen LogP contribution in [0, 0.1) is 0 Å². The van der Waals surface area contributed by atoms with Crippen molar-refractivity contribution in [2.24, 2.45) is 0 Å². The van der Waals surface area contributed by atoms with Gasteiger partial charge in [0.25, 0.3) is 0 Å². The zero-order valence-electron chi connectivity index (χ0n) is 13.3. The summed E-state index contributed by atoms with van der Waals surface area (Å²) in [6, 6.07) is 16.7. The summed E-state index contributed by atoms with van der Waals surface area (Å²) in [5.41, 5.74) is 2.62. The van der Waals surface area contributed by atoms with Crippen LogP contribution in [0.4, 0.5) is 0 Å². The third-order valence-corrected chi connectivity index (χ3v) is 4.11. The molecule has 0 amide bonds. The molecule has 0 saturated carbocycles. The molecule has 0 bridgehead atoms. The van der Waals surface area contributed by atoms with E-state index in [1.54, 1.807) is 7.11 Å². The molecule has 1 heterocycles. The molecule has 0 saturated heterocycles. The van der Waals surface area contributed by atoms with Crippen LogP contribution in [0.3, 0.4) is 0 Å². The summed E-state index contributed by atoms with van der Waals surface area (Å²) < 4.78 is 11.4. The molecule has 3 nitrogen and oxygen atoms in total. The van der Waals surface area contributed by atoms with Crippen molar-refractivity contribution in [2.45, 2.75) is 25.5 Å². The Balaban J connectivity index is 1.60.